The maximum absolute atomic E-state index is 13.6. The predicted molar refractivity (Wildman–Crippen MR) is 107 cm³/mol. The summed E-state index contributed by atoms with van der Waals surface area (Å²) in [6, 6.07) is 14.3. The number of rotatable bonds is 3. The Morgan fingerprint density at radius 3 is 2.58 bits per heavy atom. The Bertz CT molecular complexity index is 794. The first-order chi connectivity index (χ1) is 12.5. The van der Waals surface area contributed by atoms with Gasteiger partial charge in [-0.05, 0) is 74.8 Å². The van der Waals surface area contributed by atoms with Gasteiger partial charge in [-0.1, -0.05) is 12.1 Å². The van der Waals surface area contributed by atoms with Crippen molar-refractivity contribution < 1.29 is 9.18 Å². The average molecular weight is 371 g/mol. The average Bonchev–Trinajstić information content (AvgIpc) is 2.63. The first kappa shape index (κ1) is 18.3. The zero-order valence-corrected chi connectivity index (χ0v) is 15.5. The number of nitrogens with zero attached hydrogens (tertiary/aromatic N) is 1. The van der Waals surface area contributed by atoms with Crippen molar-refractivity contribution in [1.29, 1.82) is 0 Å². The lowest BCUT2D eigenvalue weighted by atomic mass is 10.0. The van der Waals surface area contributed by atoms with Gasteiger partial charge >= 0.3 is 0 Å². The van der Waals surface area contributed by atoms with E-state index in [2.05, 4.69) is 22.5 Å². The van der Waals surface area contributed by atoms with E-state index in [1.165, 1.54) is 43.1 Å². The van der Waals surface area contributed by atoms with Crippen LogP contribution in [0.4, 0.5) is 15.8 Å². The van der Waals surface area contributed by atoms with Gasteiger partial charge in [0.05, 0.1) is 5.56 Å². The molecule has 2 aromatic carbocycles. The van der Waals surface area contributed by atoms with E-state index in [-0.39, 0.29) is 10.7 Å². The van der Waals surface area contributed by atoms with Crippen LogP contribution in [0.5, 0.6) is 0 Å². The molecule has 1 saturated heterocycles. The number of thiocarbonyl (C=S) groups is 1. The smallest absolute Gasteiger partial charge is 0.260 e. The Hall–Kier alpha value is -2.47. The summed E-state index contributed by atoms with van der Waals surface area (Å²) < 4.78 is 13.6. The first-order valence-corrected chi connectivity index (χ1v) is 9.19. The van der Waals surface area contributed by atoms with Gasteiger partial charge in [-0.15, -0.1) is 0 Å². The van der Waals surface area contributed by atoms with Gasteiger partial charge in [0.2, 0.25) is 0 Å². The minimum atomic E-state index is -0.576. The monoisotopic (exact) mass is 371 g/mol. The number of nitrogens with one attached hydrogen (secondary N) is 2. The Morgan fingerprint density at radius 2 is 1.88 bits per heavy atom. The van der Waals surface area contributed by atoms with Crippen LogP contribution in [0.3, 0.4) is 0 Å². The van der Waals surface area contributed by atoms with E-state index in [0.29, 0.717) is 6.04 Å². The summed E-state index contributed by atoms with van der Waals surface area (Å²) in [5, 5.41) is 5.60. The van der Waals surface area contributed by atoms with Gasteiger partial charge in [-0.2, -0.15) is 0 Å². The summed E-state index contributed by atoms with van der Waals surface area (Å²) >= 11 is 5.16. The highest BCUT2D eigenvalue weighted by atomic mass is 32.1. The molecule has 0 saturated carbocycles. The minimum absolute atomic E-state index is 0.0360. The lowest BCUT2D eigenvalue weighted by Gasteiger charge is -2.35. The third-order valence-corrected chi connectivity index (χ3v) is 4.81. The normalized spacial score (nSPS) is 16.8. The molecule has 6 heteroatoms. The number of piperidine rings is 1. The van der Waals surface area contributed by atoms with Gasteiger partial charge in [0.15, 0.2) is 5.11 Å². The number of hydrogen-bond acceptors (Lipinski definition) is 3. The lowest BCUT2D eigenvalue weighted by Crippen LogP contribution is -2.37. The van der Waals surface area contributed by atoms with Crippen molar-refractivity contribution in [2.45, 2.75) is 32.2 Å². The van der Waals surface area contributed by atoms with Crippen LogP contribution in [0.15, 0.2) is 48.5 Å². The second kappa shape index (κ2) is 8.27. The second-order valence-electron chi connectivity index (χ2n) is 6.47. The Balaban J connectivity index is 1.59. The number of benzene rings is 2. The molecule has 26 heavy (non-hydrogen) atoms. The molecule has 3 rings (SSSR count). The summed E-state index contributed by atoms with van der Waals surface area (Å²) in [6.07, 6.45) is 3.72. The van der Waals surface area contributed by atoms with E-state index in [4.69, 9.17) is 12.2 Å². The molecule has 136 valence electrons. The molecule has 0 radical (unpaired) electrons. The number of carbonyl (C=O) groups excluding carboxylic acids is 1. The zero-order valence-electron chi connectivity index (χ0n) is 14.7. The third-order valence-electron chi connectivity index (χ3n) is 4.61. The van der Waals surface area contributed by atoms with Gasteiger partial charge in [-0.3, -0.25) is 10.1 Å². The highest BCUT2D eigenvalue weighted by molar-refractivity contribution is 7.80. The maximum atomic E-state index is 13.6. The highest BCUT2D eigenvalue weighted by Gasteiger charge is 2.18. The number of anilines is 2. The van der Waals surface area contributed by atoms with Crippen molar-refractivity contribution >= 4 is 34.6 Å². The molecule has 4 nitrogen and oxygen atoms in total. The molecular weight excluding hydrogens is 349 g/mol. The molecule has 1 heterocycles. The molecule has 0 aromatic heterocycles. The second-order valence-corrected chi connectivity index (χ2v) is 6.88. The largest absolute Gasteiger partial charge is 0.369 e. The molecule has 1 aliphatic heterocycles. The zero-order chi connectivity index (χ0) is 18.5. The van der Waals surface area contributed by atoms with Crippen LogP contribution in [-0.4, -0.2) is 23.6 Å². The van der Waals surface area contributed by atoms with Gasteiger partial charge in [0.1, 0.15) is 5.82 Å². The van der Waals surface area contributed by atoms with Crippen molar-refractivity contribution in [3.8, 4) is 0 Å². The number of amides is 1. The summed E-state index contributed by atoms with van der Waals surface area (Å²) in [7, 11) is 0. The van der Waals surface area contributed by atoms with E-state index >= 15 is 0 Å². The van der Waals surface area contributed by atoms with Crippen LogP contribution >= 0.6 is 12.2 Å². The molecule has 1 fully saturated rings. The standard InChI is InChI=1S/C20H22FN3OS/c1-14-6-4-5-13-24(14)16-11-9-15(10-12-16)22-20(26)23-19(25)17-7-2-3-8-18(17)21/h2-3,7-12,14H,4-6,13H2,1H3,(H2,22,23,25,26)/t14-/m0/s1. The third kappa shape index (κ3) is 4.38. The Kier molecular flexibility index (Phi) is 5.83. The van der Waals surface area contributed by atoms with Crippen LogP contribution in [-0.2, 0) is 0 Å². The Labute approximate surface area is 158 Å². The molecule has 0 unspecified atom stereocenters. The van der Waals surface area contributed by atoms with Crippen LogP contribution in [0.1, 0.15) is 36.5 Å². The molecule has 1 aliphatic rings. The van der Waals surface area contributed by atoms with Gasteiger partial charge < -0.3 is 10.2 Å². The molecule has 0 aliphatic carbocycles. The van der Waals surface area contributed by atoms with E-state index < -0.39 is 11.7 Å². The Morgan fingerprint density at radius 1 is 1.15 bits per heavy atom. The van der Waals surface area contributed by atoms with Crippen molar-refractivity contribution in [3.63, 3.8) is 0 Å². The minimum Gasteiger partial charge on any atom is -0.369 e. The summed E-state index contributed by atoms with van der Waals surface area (Å²) in [4.78, 5) is 14.5. The van der Waals surface area contributed by atoms with Crippen LogP contribution in [0, 0.1) is 5.82 Å². The molecule has 1 amide bonds. The van der Waals surface area contributed by atoms with Gasteiger partial charge in [0, 0.05) is 24.0 Å². The van der Waals surface area contributed by atoms with Crippen LogP contribution in [0.25, 0.3) is 0 Å². The topological polar surface area (TPSA) is 44.4 Å². The van der Waals surface area contributed by atoms with Crippen molar-refractivity contribution in [2.75, 3.05) is 16.8 Å². The van der Waals surface area contributed by atoms with Crippen molar-refractivity contribution in [2.24, 2.45) is 0 Å². The molecule has 2 N–H and O–H groups in total. The maximum Gasteiger partial charge on any atom is 0.260 e. The fraction of sp³-hybridized carbons (Fsp3) is 0.300. The molecule has 2 aromatic rings. The quantitative estimate of drug-likeness (QED) is 0.788. The van der Waals surface area contributed by atoms with Crippen molar-refractivity contribution in [1.82, 2.24) is 5.32 Å². The van der Waals surface area contributed by atoms with Crippen LogP contribution < -0.4 is 15.5 Å². The fourth-order valence-corrected chi connectivity index (χ4v) is 3.41. The first-order valence-electron chi connectivity index (χ1n) is 8.78. The number of hydrogen-bond donors (Lipinski definition) is 2. The molecule has 0 spiro atoms. The lowest BCUT2D eigenvalue weighted by molar-refractivity contribution is 0.0974. The molecular formula is C20H22FN3OS. The predicted octanol–water partition coefficient (Wildman–Crippen LogP) is 4.33. The fourth-order valence-electron chi connectivity index (χ4n) is 3.20. The summed E-state index contributed by atoms with van der Waals surface area (Å²) in [5.74, 6) is -1.15. The van der Waals surface area contributed by atoms with Gasteiger partial charge in [-0.25, -0.2) is 4.39 Å². The molecule has 1 atom stereocenters. The SMILES string of the molecule is C[C@H]1CCCCN1c1ccc(NC(=S)NC(=O)c2ccccc2F)cc1. The van der Waals surface area contributed by atoms with E-state index in [1.54, 1.807) is 6.07 Å². The summed E-state index contributed by atoms with van der Waals surface area (Å²) in [5.41, 5.74) is 1.92. The van der Waals surface area contributed by atoms with E-state index in [0.717, 1.165) is 12.2 Å². The number of carbonyl (C=O) groups is 1. The van der Waals surface area contributed by atoms with Crippen molar-refractivity contribution in [3.05, 3.63) is 59.9 Å². The molecule has 0 bridgehead atoms. The number of halogens is 1. The van der Waals surface area contributed by atoms with Crippen LogP contribution in [0.2, 0.25) is 0 Å². The van der Waals surface area contributed by atoms with E-state index in [9.17, 15) is 9.18 Å². The van der Waals surface area contributed by atoms with E-state index in [1.807, 2.05) is 24.3 Å². The highest BCUT2D eigenvalue weighted by Crippen LogP contribution is 2.25. The summed E-state index contributed by atoms with van der Waals surface area (Å²) in [6.45, 7) is 3.32. The van der Waals surface area contributed by atoms with Gasteiger partial charge in [0.25, 0.3) is 5.91 Å².